The van der Waals surface area contributed by atoms with Gasteiger partial charge in [0.05, 0.1) is 22.2 Å². The molecule has 0 saturated carbocycles. The quantitative estimate of drug-likeness (QED) is 0.247. The topological polar surface area (TPSA) is 118 Å². The van der Waals surface area contributed by atoms with Gasteiger partial charge in [0.15, 0.2) is 5.82 Å². The largest absolute Gasteiger partial charge is 0.385 e. The maximum absolute atomic E-state index is 13.0. The average Bonchev–Trinajstić information content (AvgIpc) is 3.61. The molecule has 1 aliphatic rings. The lowest BCUT2D eigenvalue weighted by Gasteiger charge is -2.38. The second kappa shape index (κ2) is 12.3. The summed E-state index contributed by atoms with van der Waals surface area (Å²) in [6, 6.07) is 17.1. The smallest absolute Gasteiger partial charge is 0.276 e. The van der Waals surface area contributed by atoms with Gasteiger partial charge < -0.3 is 19.1 Å². The molecule has 6 rings (SSSR count). The summed E-state index contributed by atoms with van der Waals surface area (Å²) in [4.78, 5) is 11.7. The number of rotatable bonds is 9. The molecule has 4 heterocycles. The van der Waals surface area contributed by atoms with Crippen molar-refractivity contribution in [3.05, 3.63) is 72.2 Å². The van der Waals surface area contributed by atoms with Crippen LogP contribution in [-0.2, 0) is 28.6 Å². The summed E-state index contributed by atoms with van der Waals surface area (Å²) in [7, 11) is -0.541. The summed E-state index contributed by atoms with van der Waals surface area (Å²) >= 11 is 0. The Morgan fingerprint density at radius 3 is 2.40 bits per heavy atom. The van der Waals surface area contributed by atoms with E-state index >= 15 is 0 Å². The first-order chi connectivity index (χ1) is 20.2. The number of likely N-dealkylation sites (tertiary alicyclic amines) is 1. The van der Waals surface area contributed by atoms with Crippen molar-refractivity contribution in [1.82, 2.24) is 28.9 Å². The third-order valence-electron chi connectivity index (χ3n) is 8.36. The fourth-order valence-electron chi connectivity index (χ4n) is 5.84. The minimum absolute atomic E-state index is 0. The van der Waals surface area contributed by atoms with E-state index in [4.69, 9.17) is 4.52 Å². The molecule has 0 amide bonds. The summed E-state index contributed by atoms with van der Waals surface area (Å²) in [6.45, 7) is 5.25. The molecule has 1 fully saturated rings. The highest BCUT2D eigenvalue weighted by Crippen LogP contribution is 2.35. The summed E-state index contributed by atoms with van der Waals surface area (Å²) in [5.41, 5.74) is 2.63. The van der Waals surface area contributed by atoms with Gasteiger partial charge in [-0.3, -0.25) is 0 Å². The van der Waals surface area contributed by atoms with Gasteiger partial charge in [-0.2, -0.15) is 4.98 Å². The molecule has 0 atom stereocenters. The maximum Gasteiger partial charge on any atom is 0.276 e. The first-order valence-electron chi connectivity index (χ1n) is 14.4. The van der Waals surface area contributed by atoms with Crippen LogP contribution in [0, 0.1) is 0 Å². The number of aryl methyl sites for hydroxylation is 2. The van der Waals surface area contributed by atoms with Gasteiger partial charge in [0.25, 0.3) is 5.89 Å². The zero-order chi connectivity index (χ0) is 29.5. The summed E-state index contributed by atoms with van der Waals surface area (Å²) in [6.07, 6.45) is 4.77. The normalized spacial score (nSPS) is 15.7. The Kier molecular flexibility index (Phi) is 8.92. The van der Waals surface area contributed by atoms with Gasteiger partial charge >= 0.3 is 0 Å². The number of fused-ring (bicyclic) bond motifs is 3. The maximum atomic E-state index is 13.0. The summed E-state index contributed by atoms with van der Waals surface area (Å²) < 4.78 is 34.8. The van der Waals surface area contributed by atoms with Crippen LogP contribution in [0.5, 0.6) is 0 Å². The molecule has 0 radical (unpaired) electrons. The van der Waals surface area contributed by atoms with Crippen LogP contribution in [0.3, 0.4) is 0 Å². The lowest BCUT2D eigenvalue weighted by molar-refractivity contribution is -0.0261. The molecular weight excluding hydrogens is 588 g/mol. The Bertz CT molecular complexity index is 1830. The Hall–Kier alpha value is -3.35. The van der Waals surface area contributed by atoms with E-state index in [1.807, 2.05) is 55.6 Å². The van der Waals surface area contributed by atoms with Gasteiger partial charge in [-0.1, -0.05) is 42.4 Å². The fraction of sp³-hybridized carbons (Fsp3) is 0.387. The monoisotopic (exact) mass is 624 g/mol. The molecule has 12 heteroatoms. The second-order valence-corrected chi connectivity index (χ2v) is 13.3. The molecule has 5 aromatic rings. The lowest BCUT2D eigenvalue weighted by Crippen LogP contribution is -2.43. The van der Waals surface area contributed by atoms with E-state index in [0.717, 1.165) is 60.0 Å². The van der Waals surface area contributed by atoms with E-state index in [-0.39, 0.29) is 17.3 Å². The minimum atomic E-state index is -3.61. The van der Waals surface area contributed by atoms with Crippen LogP contribution in [0.1, 0.15) is 37.6 Å². The number of sulfonamides is 1. The number of aromatic nitrogens is 4. The molecule has 228 valence electrons. The van der Waals surface area contributed by atoms with Crippen LogP contribution >= 0.6 is 12.4 Å². The average molecular weight is 625 g/mol. The molecule has 1 saturated heterocycles. The predicted octanol–water partition coefficient (Wildman–Crippen LogP) is 4.85. The van der Waals surface area contributed by atoms with Gasteiger partial charge in [0.2, 0.25) is 10.0 Å². The van der Waals surface area contributed by atoms with Crippen molar-refractivity contribution in [3.8, 4) is 11.6 Å². The predicted molar refractivity (Wildman–Crippen MR) is 169 cm³/mol. The van der Waals surface area contributed by atoms with Gasteiger partial charge in [-0.05, 0) is 55.6 Å². The van der Waals surface area contributed by atoms with E-state index < -0.39 is 15.6 Å². The number of hydrogen-bond acceptors (Lipinski definition) is 8. The van der Waals surface area contributed by atoms with Crippen molar-refractivity contribution in [2.75, 3.05) is 33.7 Å². The number of piperidine rings is 1. The van der Waals surface area contributed by atoms with Crippen molar-refractivity contribution in [3.63, 3.8) is 0 Å². The molecule has 0 unspecified atom stereocenters. The molecule has 2 aromatic carbocycles. The highest BCUT2D eigenvalue weighted by molar-refractivity contribution is 7.89. The van der Waals surface area contributed by atoms with Crippen LogP contribution in [0.25, 0.3) is 33.4 Å². The van der Waals surface area contributed by atoms with Gasteiger partial charge in [-0.15, -0.1) is 12.4 Å². The van der Waals surface area contributed by atoms with Crippen LogP contribution in [-0.4, -0.2) is 76.2 Å². The standard InChI is InChI=1S/C31H36N6O4S.ClH/c1-4-29-33-30(41-34-29)26-20-25-24-19-23(42(39,40)35(2)3)11-12-27(24)37(28(25)21-32-26)16-8-15-36-17-13-31(38,14-18-36)22-9-6-5-7-10-22;/h5-7,9-12,19-21,38H,4,8,13-18H2,1-3H3;1H. The van der Waals surface area contributed by atoms with E-state index in [1.54, 1.807) is 12.1 Å². The molecule has 10 nitrogen and oxygen atoms in total. The van der Waals surface area contributed by atoms with Crippen molar-refractivity contribution in [2.24, 2.45) is 0 Å². The number of hydrogen-bond donors (Lipinski definition) is 1. The number of benzene rings is 2. The highest BCUT2D eigenvalue weighted by atomic mass is 35.5. The van der Waals surface area contributed by atoms with Gasteiger partial charge in [-0.25, -0.2) is 17.7 Å². The Morgan fingerprint density at radius 2 is 1.72 bits per heavy atom. The molecule has 3 aromatic heterocycles. The molecule has 0 aliphatic carbocycles. The zero-order valence-electron chi connectivity index (χ0n) is 24.6. The van der Waals surface area contributed by atoms with E-state index in [9.17, 15) is 13.5 Å². The zero-order valence-corrected chi connectivity index (χ0v) is 26.2. The van der Waals surface area contributed by atoms with Crippen LogP contribution in [0.4, 0.5) is 0 Å². The third-order valence-corrected chi connectivity index (χ3v) is 10.2. The van der Waals surface area contributed by atoms with Crippen molar-refractivity contribution < 1.29 is 18.0 Å². The highest BCUT2D eigenvalue weighted by Gasteiger charge is 2.33. The van der Waals surface area contributed by atoms with E-state index in [1.165, 1.54) is 18.4 Å². The first-order valence-corrected chi connectivity index (χ1v) is 15.8. The SMILES string of the molecule is CCc1noc(-c2cc3c4cc(S(=O)(=O)N(C)C)ccc4n(CCCN4CCC(O)(c5ccccc5)CC4)c3cn2)n1.Cl. The minimum Gasteiger partial charge on any atom is -0.385 e. The number of pyridine rings is 1. The molecule has 0 spiro atoms. The summed E-state index contributed by atoms with van der Waals surface area (Å²) in [5.74, 6) is 0.945. The van der Waals surface area contributed by atoms with Crippen molar-refractivity contribution in [1.29, 1.82) is 0 Å². The first kappa shape index (κ1) is 31.1. The van der Waals surface area contributed by atoms with E-state index in [2.05, 4.69) is 24.6 Å². The second-order valence-electron chi connectivity index (χ2n) is 11.2. The third kappa shape index (κ3) is 5.92. The number of aliphatic hydroxyl groups is 1. The molecule has 0 bridgehead atoms. The lowest BCUT2D eigenvalue weighted by atomic mass is 9.84. The van der Waals surface area contributed by atoms with Crippen molar-refractivity contribution in [2.45, 2.75) is 49.6 Å². The fourth-order valence-corrected chi connectivity index (χ4v) is 6.77. The molecular formula is C31H37ClN6O4S. The van der Waals surface area contributed by atoms with Gasteiger partial charge in [0, 0.05) is 56.4 Å². The Balaban J connectivity index is 0.00000368. The summed E-state index contributed by atoms with van der Waals surface area (Å²) in [5, 5.41) is 16.9. The molecule has 1 N–H and O–H groups in total. The Labute approximate surface area is 257 Å². The van der Waals surface area contributed by atoms with E-state index in [0.29, 0.717) is 36.7 Å². The van der Waals surface area contributed by atoms with Crippen LogP contribution in [0.15, 0.2) is 70.2 Å². The van der Waals surface area contributed by atoms with Crippen LogP contribution in [0.2, 0.25) is 0 Å². The molecule has 43 heavy (non-hydrogen) atoms. The Morgan fingerprint density at radius 1 is 1.00 bits per heavy atom. The van der Waals surface area contributed by atoms with Crippen LogP contribution < -0.4 is 0 Å². The number of nitrogens with zero attached hydrogens (tertiary/aromatic N) is 6. The number of halogens is 1. The van der Waals surface area contributed by atoms with Crippen molar-refractivity contribution >= 4 is 44.2 Å². The molecule has 1 aliphatic heterocycles. The van der Waals surface area contributed by atoms with Gasteiger partial charge in [0.1, 0.15) is 5.69 Å².